The Morgan fingerprint density at radius 1 is 1.70 bits per heavy atom. The second-order valence-electron chi connectivity index (χ2n) is 3.05. The number of carbonyl (C=O) groups is 1. The third-order valence-corrected chi connectivity index (χ3v) is 2.16. The number of urea groups is 1. The lowest BCUT2D eigenvalue weighted by Crippen LogP contribution is -2.56. The number of hydrogen-bond acceptors (Lipinski definition) is 1. The summed E-state index contributed by atoms with van der Waals surface area (Å²) < 4.78 is 0. The summed E-state index contributed by atoms with van der Waals surface area (Å²) in [7, 11) is 0. The maximum absolute atomic E-state index is 10.8. The lowest BCUT2D eigenvalue weighted by Gasteiger charge is -2.33. The average molecular weight is 142 g/mol. The lowest BCUT2D eigenvalue weighted by atomic mass is 9.93. The maximum atomic E-state index is 10.8. The minimum absolute atomic E-state index is 0.0301. The summed E-state index contributed by atoms with van der Waals surface area (Å²) in [6.07, 6.45) is 2.02. The molecule has 1 heterocycles. The van der Waals surface area contributed by atoms with E-state index in [1.165, 1.54) is 0 Å². The van der Waals surface area contributed by atoms with Crippen LogP contribution >= 0.6 is 0 Å². The first-order valence-electron chi connectivity index (χ1n) is 3.72. The van der Waals surface area contributed by atoms with E-state index < -0.39 is 0 Å². The normalized spacial score (nSPS) is 32.8. The van der Waals surface area contributed by atoms with Crippen LogP contribution in [0.3, 0.4) is 0 Å². The largest absolute Gasteiger partial charge is 0.338 e. The molecule has 2 amide bonds. The van der Waals surface area contributed by atoms with Crippen molar-refractivity contribution >= 4 is 6.03 Å². The van der Waals surface area contributed by atoms with Crippen LogP contribution in [0.1, 0.15) is 26.7 Å². The summed E-state index contributed by atoms with van der Waals surface area (Å²) in [5.74, 6) is 0. The predicted octanol–water partition coefficient (Wildman–Crippen LogP) is 0.858. The highest BCUT2D eigenvalue weighted by atomic mass is 16.2. The minimum Gasteiger partial charge on any atom is -0.338 e. The van der Waals surface area contributed by atoms with Gasteiger partial charge in [0.05, 0.1) is 0 Å². The smallest absolute Gasteiger partial charge is 0.315 e. The van der Waals surface area contributed by atoms with Crippen LogP contribution in [-0.4, -0.2) is 18.1 Å². The highest BCUT2D eigenvalue weighted by molar-refractivity contribution is 5.75. The van der Waals surface area contributed by atoms with Gasteiger partial charge < -0.3 is 10.6 Å². The van der Waals surface area contributed by atoms with E-state index in [9.17, 15) is 4.79 Å². The van der Waals surface area contributed by atoms with Crippen LogP contribution in [0.5, 0.6) is 0 Å². The van der Waals surface area contributed by atoms with E-state index >= 15 is 0 Å². The first-order chi connectivity index (χ1) is 4.66. The highest BCUT2D eigenvalue weighted by Crippen LogP contribution is 2.15. The SMILES string of the molecule is CCC1(C)CCNC(=O)N1. The molecule has 1 aliphatic rings. The molecule has 0 saturated carbocycles. The van der Waals surface area contributed by atoms with Crippen LogP contribution in [0.4, 0.5) is 4.79 Å². The summed E-state index contributed by atoms with van der Waals surface area (Å²) in [6.45, 7) is 4.97. The van der Waals surface area contributed by atoms with Crippen molar-refractivity contribution in [3.05, 3.63) is 0 Å². The Morgan fingerprint density at radius 3 is 2.80 bits per heavy atom. The molecule has 2 N–H and O–H groups in total. The van der Waals surface area contributed by atoms with E-state index in [0.29, 0.717) is 0 Å². The van der Waals surface area contributed by atoms with E-state index in [2.05, 4.69) is 24.5 Å². The molecule has 58 valence electrons. The fraction of sp³-hybridized carbons (Fsp3) is 0.857. The Bertz CT molecular complexity index is 147. The Morgan fingerprint density at radius 2 is 2.40 bits per heavy atom. The lowest BCUT2D eigenvalue weighted by molar-refractivity contribution is 0.209. The molecule has 0 spiro atoms. The van der Waals surface area contributed by atoms with Gasteiger partial charge in [-0.1, -0.05) is 6.92 Å². The number of nitrogens with one attached hydrogen (secondary N) is 2. The van der Waals surface area contributed by atoms with Gasteiger partial charge in [0.1, 0.15) is 0 Å². The van der Waals surface area contributed by atoms with Crippen LogP contribution in [-0.2, 0) is 0 Å². The van der Waals surface area contributed by atoms with Crippen molar-refractivity contribution in [1.82, 2.24) is 10.6 Å². The predicted molar refractivity (Wildman–Crippen MR) is 39.8 cm³/mol. The van der Waals surface area contributed by atoms with Crippen molar-refractivity contribution in [1.29, 1.82) is 0 Å². The molecule has 0 radical (unpaired) electrons. The molecule has 10 heavy (non-hydrogen) atoms. The second kappa shape index (κ2) is 2.48. The first-order valence-corrected chi connectivity index (χ1v) is 3.72. The van der Waals surface area contributed by atoms with Crippen molar-refractivity contribution in [2.45, 2.75) is 32.2 Å². The van der Waals surface area contributed by atoms with Crippen molar-refractivity contribution in [2.24, 2.45) is 0 Å². The van der Waals surface area contributed by atoms with Crippen molar-refractivity contribution < 1.29 is 4.79 Å². The van der Waals surface area contributed by atoms with Gasteiger partial charge in [0.2, 0.25) is 0 Å². The van der Waals surface area contributed by atoms with Crippen LogP contribution < -0.4 is 10.6 Å². The molecule has 1 aliphatic heterocycles. The van der Waals surface area contributed by atoms with E-state index in [-0.39, 0.29) is 11.6 Å². The van der Waals surface area contributed by atoms with Crippen molar-refractivity contribution in [2.75, 3.05) is 6.54 Å². The average Bonchev–Trinajstić information content (AvgIpc) is 1.88. The van der Waals surface area contributed by atoms with E-state index in [1.807, 2.05) is 0 Å². The molecule has 0 aromatic carbocycles. The summed E-state index contributed by atoms with van der Waals surface area (Å²) >= 11 is 0. The molecule has 3 nitrogen and oxygen atoms in total. The molecular weight excluding hydrogens is 128 g/mol. The van der Waals surface area contributed by atoms with E-state index in [1.54, 1.807) is 0 Å². The van der Waals surface area contributed by atoms with Crippen LogP contribution in [0.25, 0.3) is 0 Å². The molecule has 1 unspecified atom stereocenters. The molecule has 0 aromatic rings. The number of amides is 2. The third kappa shape index (κ3) is 1.40. The minimum atomic E-state index is -0.0319. The molecule has 1 saturated heterocycles. The van der Waals surface area contributed by atoms with E-state index in [4.69, 9.17) is 0 Å². The van der Waals surface area contributed by atoms with Crippen molar-refractivity contribution in [3.8, 4) is 0 Å². The highest BCUT2D eigenvalue weighted by Gasteiger charge is 2.27. The van der Waals surface area contributed by atoms with Gasteiger partial charge >= 0.3 is 6.03 Å². The Labute approximate surface area is 61.2 Å². The molecule has 1 fully saturated rings. The quantitative estimate of drug-likeness (QED) is 0.560. The summed E-state index contributed by atoms with van der Waals surface area (Å²) in [5.41, 5.74) is 0.0301. The summed E-state index contributed by atoms with van der Waals surface area (Å²) in [4.78, 5) is 10.8. The fourth-order valence-corrected chi connectivity index (χ4v) is 1.10. The molecular formula is C7H14N2O. The molecule has 0 aliphatic carbocycles. The van der Waals surface area contributed by atoms with Gasteiger partial charge in [-0.05, 0) is 19.8 Å². The van der Waals surface area contributed by atoms with Gasteiger partial charge in [-0.25, -0.2) is 4.79 Å². The standard InChI is InChI=1S/C7H14N2O/c1-3-7(2)4-5-8-6(10)9-7/h3-5H2,1-2H3,(H2,8,9,10). The van der Waals surface area contributed by atoms with Gasteiger partial charge in [0, 0.05) is 12.1 Å². The van der Waals surface area contributed by atoms with Gasteiger partial charge in [-0.3, -0.25) is 0 Å². The number of carbonyl (C=O) groups excluding carboxylic acids is 1. The van der Waals surface area contributed by atoms with Gasteiger partial charge in [-0.15, -0.1) is 0 Å². The first kappa shape index (κ1) is 7.38. The maximum Gasteiger partial charge on any atom is 0.315 e. The Hall–Kier alpha value is -0.730. The zero-order chi connectivity index (χ0) is 7.61. The van der Waals surface area contributed by atoms with Crippen molar-refractivity contribution in [3.63, 3.8) is 0 Å². The van der Waals surface area contributed by atoms with Crippen LogP contribution in [0, 0.1) is 0 Å². The second-order valence-corrected chi connectivity index (χ2v) is 3.05. The molecule has 0 aromatic heterocycles. The third-order valence-electron chi connectivity index (χ3n) is 2.16. The summed E-state index contributed by atoms with van der Waals surface area (Å²) in [5, 5.41) is 5.61. The fourth-order valence-electron chi connectivity index (χ4n) is 1.10. The number of hydrogen-bond donors (Lipinski definition) is 2. The van der Waals surface area contributed by atoms with Gasteiger partial charge in [0.25, 0.3) is 0 Å². The monoisotopic (exact) mass is 142 g/mol. The van der Waals surface area contributed by atoms with Crippen LogP contribution in [0.2, 0.25) is 0 Å². The molecule has 1 rings (SSSR count). The van der Waals surface area contributed by atoms with Crippen LogP contribution in [0.15, 0.2) is 0 Å². The van der Waals surface area contributed by atoms with Gasteiger partial charge in [-0.2, -0.15) is 0 Å². The summed E-state index contributed by atoms with van der Waals surface area (Å²) in [6, 6.07) is -0.0319. The van der Waals surface area contributed by atoms with E-state index in [0.717, 1.165) is 19.4 Å². The zero-order valence-electron chi connectivity index (χ0n) is 6.53. The molecule has 0 bridgehead atoms. The zero-order valence-corrected chi connectivity index (χ0v) is 6.53. The molecule has 3 heteroatoms. The molecule has 1 atom stereocenters. The topological polar surface area (TPSA) is 41.1 Å². The Balaban J connectivity index is 2.53. The number of rotatable bonds is 1. The Kier molecular flexibility index (Phi) is 1.83. The van der Waals surface area contributed by atoms with Gasteiger partial charge in [0.15, 0.2) is 0 Å².